The molecule has 1 unspecified atom stereocenters. The highest BCUT2D eigenvalue weighted by Gasteiger charge is 2.36. The summed E-state index contributed by atoms with van der Waals surface area (Å²) in [6.45, 7) is 2.74. The lowest BCUT2D eigenvalue weighted by Crippen LogP contribution is -2.52. The van der Waals surface area contributed by atoms with Crippen molar-refractivity contribution in [3.05, 3.63) is 23.9 Å². The minimum absolute atomic E-state index is 0.0189. The van der Waals surface area contributed by atoms with Crippen molar-refractivity contribution in [1.82, 2.24) is 14.2 Å². The van der Waals surface area contributed by atoms with E-state index in [1.807, 2.05) is 0 Å². The minimum Gasteiger partial charge on any atom is -0.478 e. The number of carboxylic acids is 1. The standard InChI is InChI=1S/C13H17N3O4S/c17-13(18)10-3-4-12(14-8-10)21(19,20)16-7-6-15-5-1-2-11(15)9-16/h3-4,8,11H,1-2,5-7,9H2,(H,17,18). The fourth-order valence-electron chi connectivity index (χ4n) is 2.97. The first kappa shape index (κ1) is 14.4. The molecule has 2 fully saturated rings. The number of rotatable bonds is 3. The molecule has 0 aromatic carbocycles. The number of fused-ring (bicyclic) bond motifs is 1. The Balaban J connectivity index is 1.81. The third kappa shape index (κ3) is 2.66. The zero-order valence-electron chi connectivity index (χ0n) is 11.5. The number of sulfonamides is 1. The summed E-state index contributed by atoms with van der Waals surface area (Å²) in [6.07, 6.45) is 3.22. The first-order valence-corrected chi connectivity index (χ1v) is 8.36. The van der Waals surface area contributed by atoms with E-state index in [0.29, 0.717) is 19.1 Å². The Kier molecular flexibility index (Phi) is 3.68. The summed E-state index contributed by atoms with van der Waals surface area (Å²) in [4.78, 5) is 16.9. The van der Waals surface area contributed by atoms with Crippen LogP contribution in [0.1, 0.15) is 23.2 Å². The number of aromatic carboxylic acids is 1. The van der Waals surface area contributed by atoms with E-state index in [9.17, 15) is 13.2 Å². The van der Waals surface area contributed by atoms with E-state index < -0.39 is 16.0 Å². The molecule has 8 heteroatoms. The third-order valence-electron chi connectivity index (χ3n) is 4.14. The number of piperazine rings is 1. The van der Waals surface area contributed by atoms with Crippen LogP contribution in [0.15, 0.2) is 23.4 Å². The van der Waals surface area contributed by atoms with E-state index >= 15 is 0 Å². The van der Waals surface area contributed by atoms with E-state index in [2.05, 4.69) is 9.88 Å². The predicted molar refractivity (Wildman–Crippen MR) is 74.6 cm³/mol. The maximum Gasteiger partial charge on any atom is 0.337 e. The Hall–Kier alpha value is -1.51. The van der Waals surface area contributed by atoms with Gasteiger partial charge >= 0.3 is 5.97 Å². The number of hydrogen-bond acceptors (Lipinski definition) is 5. The molecule has 0 radical (unpaired) electrons. The van der Waals surface area contributed by atoms with Gasteiger partial charge in [0, 0.05) is 31.9 Å². The first-order valence-electron chi connectivity index (χ1n) is 6.92. The molecule has 0 amide bonds. The zero-order valence-corrected chi connectivity index (χ0v) is 12.3. The lowest BCUT2D eigenvalue weighted by Gasteiger charge is -2.36. The van der Waals surface area contributed by atoms with Crippen LogP contribution >= 0.6 is 0 Å². The summed E-state index contributed by atoms with van der Waals surface area (Å²) in [6, 6.07) is 2.83. The summed E-state index contributed by atoms with van der Waals surface area (Å²) < 4.78 is 26.6. The van der Waals surface area contributed by atoms with Crippen LogP contribution in [0, 0.1) is 0 Å². The molecule has 2 aliphatic heterocycles. The highest BCUT2D eigenvalue weighted by atomic mass is 32.2. The van der Waals surface area contributed by atoms with Gasteiger partial charge in [0.05, 0.1) is 5.56 Å². The van der Waals surface area contributed by atoms with Crippen molar-refractivity contribution >= 4 is 16.0 Å². The van der Waals surface area contributed by atoms with Crippen molar-refractivity contribution < 1.29 is 18.3 Å². The van der Waals surface area contributed by atoms with Gasteiger partial charge in [0.25, 0.3) is 10.0 Å². The second-order valence-corrected chi connectivity index (χ2v) is 7.27. The van der Waals surface area contributed by atoms with Crippen molar-refractivity contribution in [2.45, 2.75) is 23.9 Å². The van der Waals surface area contributed by atoms with E-state index in [1.165, 1.54) is 16.4 Å². The average molecular weight is 311 g/mol. The minimum atomic E-state index is -3.64. The topological polar surface area (TPSA) is 90.8 Å². The van der Waals surface area contributed by atoms with Crippen LogP contribution in [0.25, 0.3) is 0 Å². The smallest absolute Gasteiger partial charge is 0.337 e. The van der Waals surface area contributed by atoms with Gasteiger partial charge in [0.1, 0.15) is 0 Å². The van der Waals surface area contributed by atoms with Crippen molar-refractivity contribution in [2.24, 2.45) is 0 Å². The summed E-state index contributed by atoms with van der Waals surface area (Å²) in [5.74, 6) is -1.12. The van der Waals surface area contributed by atoms with E-state index in [1.54, 1.807) is 0 Å². The number of pyridine rings is 1. The molecule has 1 N–H and O–H groups in total. The molecule has 21 heavy (non-hydrogen) atoms. The zero-order chi connectivity index (χ0) is 15.0. The Morgan fingerprint density at radius 3 is 2.76 bits per heavy atom. The molecule has 1 atom stereocenters. The number of carboxylic acid groups (broad SMARTS) is 1. The molecule has 114 valence electrons. The van der Waals surface area contributed by atoms with E-state index in [-0.39, 0.29) is 10.6 Å². The Morgan fingerprint density at radius 2 is 2.10 bits per heavy atom. The fraction of sp³-hybridized carbons (Fsp3) is 0.538. The van der Waals surface area contributed by atoms with Gasteiger partial charge in [-0.05, 0) is 31.5 Å². The van der Waals surface area contributed by atoms with Gasteiger partial charge in [0.15, 0.2) is 5.03 Å². The lowest BCUT2D eigenvalue weighted by atomic mass is 10.2. The predicted octanol–water partition coefficient (Wildman–Crippen LogP) is 0.249. The van der Waals surface area contributed by atoms with Gasteiger partial charge in [0.2, 0.25) is 0 Å². The van der Waals surface area contributed by atoms with Crippen LogP contribution in [0.3, 0.4) is 0 Å². The van der Waals surface area contributed by atoms with Gasteiger partial charge in [-0.1, -0.05) is 0 Å². The van der Waals surface area contributed by atoms with Gasteiger partial charge < -0.3 is 5.11 Å². The van der Waals surface area contributed by atoms with Gasteiger partial charge in [-0.3, -0.25) is 4.90 Å². The van der Waals surface area contributed by atoms with Crippen molar-refractivity contribution in [1.29, 1.82) is 0 Å². The van der Waals surface area contributed by atoms with Crippen molar-refractivity contribution in [2.75, 3.05) is 26.2 Å². The number of hydrogen-bond donors (Lipinski definition) is 1. The van der Waals surface area contributed by atoms with Gasteiger partial charge in [-0.25, -0.2) is 18.2 Å². The maximum atomic E-state index is 12.6. The first-order chi connectivity index (χ1) is 9.98. The van der Waals surface area contributed by atoms with E-state index in [4.69, 9.17) is 5.11 Å². The second-order valence-electron chi connectivity index (χ2n) is 5.39. The lowest BCUT2D eigenvalue weighted by molar-refractivity contribution is 0.0696. The second kappa shape index (κ2) is 5.36. The van der Waals surface area contributed by atoms with Crippen LogP contribution in [-0.4, -0.2) is 65.9 Å². The van der Waals surface area contributed by atoms with Crippen LogP contribution in [0.2, 0.25) is 0 Å². The molecule has 0 spiro atoms. The molecule has 1 aromatic rings. The monoisotopic (exact) mass is 311 g/mol. The molecule has 0 bridgehead atoms. The molecular weight excluding hydrogens is 294 g/mol. The molecule has 2 aliphatic rings. The maximum absolute atomic E-state index is 12.6. The quantitative estimate of drug-likeness (QED) is 0.860. The van der Waals surface area contributed by atoms with Crippen LogP contribution in [0.4, 0.5) is 0 Å². The molecule has 0 saturated carbocycles. The number of carbonyl (C=O) groups is 1. The largest absolute Gasteiger partial charge is 0.478 e. The summed E-state index contributed by atoms with van der Waals surface area (Å²) >= 11 is 0. The fourth-order valence-corrected chi connectivity index (χ4v) is 4.35. The Morgan fingerprint density at radius 1 is 1.29 bits per heavy atom. The van der Waals surface area contributed by atoms with Crippen molar-refractivity contribution in [3.63, 3.8) is 0 Å². The molecule has 3 rings (SSSR count). The molecule has 0 aliphatic carbocycles. The van der Waals surface area contributed by atoms with Gasteiger partial charge in [-0.2, -0.15) is 4.31 Å². The Labute approximate surface area is 123 Å². The molecule has 3 heterocycles. The molecule has 1 aromatic heterocycles. The summed E-state index contributed by atoms with van der Waals surface area (Å²) in [5.41, 5.74) is -0.0189. The van der Waals surface area contributed by atoms with Gasteiger partial charge in [-0.15, -0.1) is 0 Å². The van der Waals surface area contributed by atoms with Crippen LogP contribution in [-0.2, 0) is 10.0 Å². The highest BCUT2D eigenvalue weighted by Crippen LogP contribution is 2.25. The van der Waals surface area contributed by atoms with Crippen LogP contribution in [0.5, 0.6) is 0 Å². The normalized spacial score (nSPS) is 23.9. The summed E-state index contributed by atoms with van der Waals surface area (Å²) in [5, 5.41) is 8.74. The number of aromatic nitrogens is 1. The molecule has 7 nitrogen and oxygen atoms in total. The van der Waals surface area contributed by atoms with Crippen LogP contribution < -0.4 is 0 Å². The number of nitrogens with zero attached hydrogens (tertiary/aromatic N) is 3. The van der Waals surface area contributed by atoms with Crippen molar-refractivity contribution in [3.8, 4) is 0 Å². The highest BCUT2D eigenvalue weighted by molar-refractivity contribution is 7.89. The SMILES string of the molecule is O=C(O)c1ccc(S(=O)(=O)N2CCN3CCCC3C2)nc1. The molecule has 2 saturated heterocycles. The third-order valence-corrected chi connectivity index (χ3v) is 5.92. The van der Waals surface area contributed by atoms with E-state index in [0.717, 1.165) is 32.1 Å². The Bertz CT molecular complexity index is 644. The summed E-state index contributed by atoms with van der Waals surface area (Å²) in [7, 11) is -3.64. The average Bonchev–Trinajstić information content (AvgIpc) is 2.94. The molecular formula is C13H17N3O4S.